The van der Waals surface area contributed by atoms with E-state index < -0.39 is 43.7 Å². The van der Waals surface area contributed by atoms with Crippen LogP contribution in [0, 0.1) is 13.8 Å². The third kappa shape index (κ3) is 15.8. The summed E-state index contributed by atoms with van der Waals surface area (Å²) in [7, 11) is -7.17. The van der Waals surface area contributed by atoms with E-state index in [9.17, 15) is 31.2 Å². The van der Waals surface area contributed by atoms with Crippen molar-refractivity contribution in [1.82, 2.24) is 54.2 Å². The normalized spacial score (nSPS) is 20.6. The Hall–Kier alpha value is -6.77. The van der Waals surface area contributed by atoms with Crippen LogP contribution in [0.25, 0.3) is 11.3 Å². The van der Waals surface area contributed by atoms with Gasteiger partial charge in [-0.3, -0.25) is 9.59 Å². The molecule has 0 saturated carbocycles. The van der Waals surface area contributed by atoms with Crippen LogP contribution in [-0.2, 0) is 34.4 Å². The third-order valence-electron chi connectivity index (χ3n) is 14.2. The average Bonchev–Trinajstić information content (AvgIpc) is 4.33. The molecule has 0 spiro atoms. The molecule has 7 N–H and O–H groups in total. The molecule has 6 aromatic rings. The molecule has 0 bridgehead atoms. The molecular weight excluding hydrogens is 1060 g/mol. The number of fused-ring (bicyclic) bond motifs is 2. The number of benzene rings is 2. The van der Waals surface area contributed by atoms with E-state index in [1.54, 1.807) is 64.0 Å². The summed E-state index contributed by atoms with van der Waals surface area (Å²) in [6, 6.07) is 19.2. The number of ether oxygens (including phenoxy) is 1. The maximum absolute atomic E-state index is 13.8. The molecule has 10 rings (SSSR count). The van der Waals surface area contributed by atoms with Gasteiger partial charge in [0, 0.05) is 74.4 Å². The Labute approximate surface area is 468 Å². The van der Waals surface area contributed by atoms with Crippen molar-refractivity contribution >= 4 is 60.9 Å². The Morgan fingerprint density at radius 1 is 0.713 bits per heavy atom. The predicted molar refractivity (Wildman–Crippen MR) is 305 cm³/mol. The molecule has 2 amide bonds. The number of nitrogens with two attached hydrogens (primary N) is 1. The molecule has 80 heavy (non-hydrogen) atoms. The number of aromatic nitrogens is 6. The van der Waals surface area contributed by atoms with E-state index in [4.69, 9.17) is 35.7 Å². The summed E-state index contributed by atoms with van der Waals surface area (Å²) in [4.78, 5) is 52.7. The summed E-state index contributed by atoms with van der Waals surface area (Å²) in [6.07, 6.45) is 13.7. The number of hydrogen-bond donors (Lipinski definition) is 6. The highest BCUT2D eigenvalue weighted by molar-refractivity contribution is 7.89. The molecule has 4 aliphatic rings. The lowest BCUT2D eigenvalue weighted by Gasteiger charge is -2.37. The fraction of sp³-hybridized carbons (Fsp3) is 0.509. The number of carboxylic acid groups (broad SMARTS) is 1. The minimum absolute atomic E-state index is 0.0641. The van der Waals surface area contributed by atoms with Crippen molar-refractivity contribution in [3.8, 4) is 0 Å². The van der Waals surface area contributed by atoms with E-state index in [0.29, 0.717) is 23.7 Å². The Morgan fingerprint density at radius 2 is 1.25 bits per heavy atom. The number of carbonyl (C=O) groups excluding carboxylic acids is 2. The van der Waals surface area contributed by atoms with Crippen LogP contribution in [-0.4, -0.2) is 143 Å². The summed E-state index contributed by atoms with van der Waals surface area (Å²) in [5.74, 6) is 0.380. The van der Waals surface area contributed by atoms with Crippen molar-refractivity contribution in [3.63, 3.8) is 0 Å². The first-order valence-corrected chi connectivity index (χ1v) is 31.0. The fourth-order valence-electron chi connectivity index (χ4n) is 10.6. The van der Waals surface area contributed by atoms with E-state index in [0.717, 1.165) is 129 Å². The third-order valence-corrected chi connectivity index (χ3v) is 15.5. The molecule has 2 aromatic carbocycles. The maximum Gasteiger partial charge on any atom is 0.407 e. The molecule has 4 saturated heterocycles. The monoisotopic (exact) mass is 1140 g/mol. The second-order valence-corrected chi connectivity index (χ2v) is 25.7. The zero-order valence-electron chi connectivity index (χ0n) is 46.6. The van der Waals surface area contributed by atoms with Crippen LogP contribution in [0.4, 0.5) is 16.4 Å². The van der Waals surface area contributed by atoms with Crippen LogP contribution >= 0.6 is 0 Å². The summed E-state index contributed by atoms with van der Waals surface area (Å²) in [5, 5.41) is 25.0. The van der Waals surface area contributed by atoms with Gasteiger partial charge in [0.2, 0.25) is 26.0 Å². The number of nitrogens with zero attached hydrogens (tertiary/aromatic N) is 9. The van der Waals surface area contributed by atoms with Gasteiger partial charge in [0.05, 0.1) is 42.0 Å². The lowest BCUT2D eigenvalue weighted by atomic mass is 9.97. The van der Waals surface area contributed by atoms with Crippen LogP contribution in [0.5, 0.6) is 0 Å². The number of carboxylic acids is 1. The first-order valence-electron chi connectivity index (χ1n) is 27.2. The van der Waals surface area contributed by atoms with Crippen molar-refractivity contribution in [2.45, 2.75) is 128 Å². The smallest absolute Gasteiger partial charge is 0.407 e. The van der Waals surface area contributed by atoms with Crippen molar-refractivity contribution in [2.75, 3.05) is 61.6 Å². The Kier molecular flexibility index (Phi) is 18.8. The van der Waals surface area contributed by atoms with E-state index >= 15 is 0 Å². The molecule has 0 aliphatic carbocycles. The maximum atomic E-state index is 13.8. The van der Waals surface area contributed by atoms with Gasteiger partial charge in [-0.1, -0.05) is 67.1 Å². The lowest BCUT2D eigenvalue weighted by molar-refractivity contribution is -0.139. The number of carbonyl (C=O) groups is 3. The van der Waals surface area contributed by atoms with Gasteiger partial charge in [-0.25, -0.2) is 40.6 Å². The summed E-state index contributed by atoms with van der Waals surface area (Å²) >= 11 is 0. The molecule has 432 valence electrons. The van der Waals surface area contributed by atoms with Crippen molar-refractivity contribution in [3.05, 3.63) is 119 Å². The van der Waals surface area contributed by atoms with Gasteiger partial charge >= 0.3 is 12.1 Å². The topological polar surface area (TPSA) is 293 Å². The van der Waals surface area contributed by atoms with Crippen molar-refractivity contribution in [2.24, 2.45) is 5.73 Å². The SMILES string of the molecule is CS(=O)(=O)NC(C(=O)O)c1ccccc1.Cc1cn2nc([C@@H]3CCCCN3)cc2nc1N1CC[C@H](NC(=O)OC(C)(C)C)C1.Cc1cn2nc([C@@H]3CCCCN3C(=O)C(NS(C)(=O)=O)c3ccccc3)cc2nc1N1CC[C@H](N)C1. The molecule has 4 aliphatic heterocycles. The Morgan fingerprint density at radius 3 is 1.79 bits per heavy atom. The highest BCUT2D eigenvalue weighted by Gasteiger charge is 2.36. The zero-order chi connectivity index (χ0) is 57.5. The molecule has 4 fully saturated rings. The Bertz CT molecular complexity index is 3350. The number of anilines is 2. The van der Waals surface area contributed by atoms with Gasteiger partial charge < -0.3 is 40.9 Å². The quantitative estimate of drug-likeness (QED) is 0.0862. The number of piperidine rings is 2. The number of aliphatic carboxylic acids is 1. The highest BCUT2D eigenvalue weighted by atomic mass is 32.2. The fourth-order valence-corrected chi connectivity index (χ4v) is 11.9. The Balaban J connectivity index is 0.000000171. The van der Waals surface area contributed by atoms with Crippen molar-refractivity contribution in [1.29, 1.82) is 0 Å². The number of alkyl carbamates (subject to hydrolysis) is 1. The number of likely N-dealkylation sites (tertiary alicyclic amines) is 1. The summed E-state index contributed by atoms with van der Waals surface area (Å²) in [5.41, 5.74) is 12.2. The van der Waals surface area contributed by atoms with Gasteiger partial charge in [-0.2, -0.15) is 19.6 Å². The van der Waals surface area contributed by atoms with Crippen LogP contribution < -0.4 is 35.6 Å². The van der Waals surface area contributed by atoms with Crippen LogP contribution in [0.2, 0.25) is 0 Å². The van der Waals surface area contributed by atoms with E-state index in [-0.39, 0.29) is 30.1 Å². The van der Waals surface area contributed by atoms with Gasteiger partial charge in [0.25, 0.3) is 0 Å². The van der Waals surface area contributed by atoms with Crippen LogP contribution in [0.3, 0.4) is 0 Å². The number of amides is 2. The number of aryl methyl sites for hydroxylation is 2. The van der Waals surface area contributed by atoms with Gasteiger partial charge in [0.15, 0.2) is 11.3 Å². The second kappa shape index (κ2) is 25.4. The summed E-state index contributed by atoms with van der Waals surface area (Å²) in [6.45, 7) is 14.5. The number of hydrogen-bond acceptors (Lipinski definition) is 16. The molecule has 25 heteroatoms. The number of nitrogens with one attached hydrogen (secondary N) is 4. The van der Waals surface area contributed by atoms with E-state index in [1.807, 2.05) is 55.3 Å². The molecule has 4 aromatic heterocycles. The van der Waals surface area contributed by atoms with Crippen LogP contribution in [0.15, 0.2) is 85.2 Å². The van der Waals surface area contributed by atoms with Gasteiger partial charge in [0.1, 0.15) is 29.3 Å². The van der Waals surface area contributed by atoms with E-state index in [2.05, 4.69) is 44.3 Å². The largest absolute Gasteiger partial charge is 0.480 e. The van der Waals surface area contributed by atoms with Crippen LogP contribution in [0.1, 0.15) is 130 Å². The van der Waals surface area contributed by atoms with E-state index in [1.165, 1.54) is 12.8 Å². The van der Waals surface area contributed by atoms with Gasteiger partial charge in [-0.05, 0) is 97.2 Å². The molecular formula is C55H76N14O9S2. The first-order chi connectivity index (χ1) is 37.9. The molecule has 0 radical (unpaired) electrons. The number of sulfonamides is 2. The predicted octanol–water partition coefficient (Wildman–Crippen LogP) is 5.24. The molecule has 23 nitrogen and oxygen atoms in total. The summed E-state index contributed by atoms with van der Waals surface area (Å²) < 4.78 is 59.8. The highest BCUT2D eigenvalue weighted by Crippen LogP contribution is 2.34. The minimum atomic E-state index is -3.62. The second-order valence-electron chi connectivity index (χ2n) is 22.2. The molecule has 6 atom stereocenters. The van der Waals surface area contributed by atoms with Gasteiger partial charge in [-0.15, -0.1) is 0 Å². The minimum Gasteiger partial charge on any atom is -0.480 e. The van der Waals surface area contributed by atoms with Crippen molar-refractivity contribution < 1.29 is 41.1 Å². The number of rotatable bonds is 13. The molecule has 8 heterocycles. The lowest BCUT2D eigenvalue weighted by Crippen LogP contribution is -2.46. The average molecular weight is 1140 g/mol. The first kappa shape index (κ1) is 59.4. The zero-order valence-corrected chi connectivity index (χ0v) is 48.2. The molecule has 2 unspecified atom stereocenters. The standard InChI is InChI=1S/C25H33N7O3S.C21H32N6O2.C9H11NO4S/c1-17-15-32-22(27-24(17)30-13-11-19(26)16-30)14-20(28-32)21-10-6-7-12-31(21)25(33)23(29-36(2,34)35)18-8-4-3-5-9-18;1-14-12-27-18(11-17(25-27)16-7-5-6-9-22-16)24-19(14)26-10-8-15(13-26)23-20(28)29-21(2,3)4;1-15(13,14)10-8(9(11)12)7-5-3-2-4-6-7/h3-5,8-9,14-15,19,21,23,29H,6-7,10-13,16,26H2,1-2H3;11-12,15-16,22H,5-10,13H2,1-4H3,(H,23,28);2-6,8,10H,1H3,(H,11,12)/t19-,21-,23?;15-,16-;/m00./s1.